The zero-order valence-electron chi connectivity index (χ0n) is 15.1. The van der Waals surface area contributed by atoms with Gasteiger partial charge in [-0.15, -0.1) is 5.10 Å². The standard InChI is InChI=1S/C18H19F3N6O/c1-13(6-9-26-8-3-7-22-26)23-17(28)16-12-27(25-24-16)11-14-4-2-5-15(10-14)18(19,20)21/h2-5,7-8,10,12-13H,6,9,11H2,1H3,(H,23,28). The first-order valence-electron chi connectivity index (χ1n) is 8.66. The first kappa shape index (κ1) is 19.6. The number of halogens is 3. The summed E-state index contributed by atoms with van der Waals surface area (Å²) in [7, 11) is 0. The fourth-order valence-electron chi connectivity index (χ4n) is 2.64. The van der Waals surface area contributed by atoms with Crippen molar-refractivity contribution in [2.45, 2.75) is 38.7 Å². The summed E-state index contributed by atoms with van der Waals surface area (Å²) < 4.78 is 41.5. The maximum atomic E-state index is 12.8. The van der Waals surface area contributed by atoms with Gasteiger partial charge in [0.2, 0.25) is 0 Å². The molecule has 1 atom stereocenters. The summed E-state index contributed by atoms with van der Waals surface area (Å²) in [6.45, 7) is 2.62. The third kappa shape index (κ3) is 5.18. The number of hydrogen-bond acceptors (Lipinski definition) is 4. The van der Waals surface area contributed by atoms with Crippen molar-refractivity contribution in [3.8, 4) is 0 Å². The maximum absolute atomic E-state index is 12.8. The molecule has 148 valence electrons. The lowest BCUT2D eigenvalue weighted by molar-refractivity contribution is -0.137. The number of alkyl halides is 3. The Morgan fingerprint density at radius 2 is 2.07 bits per heavy atom. The minimum atomic E-state index is -4.41. The third-order valence-corrected chi connectivity index (χ3v) is 4.10. The second-order valence-corrected chi connectivity index (χ2v) is 6.43. The number of amides is 1. The monoisotopic (exact) mass is 392 g/mol. The quantitative estimate of drug-likeness (QED) is 0.671. The number of nitrogens with zero attached hydrogens (tertiary/aromatic N) is 5. The molecule has 2 heterocycles. The van der Waals surface area contributed by atoms with Crippen molar-refractivity contribution in [3.63, 3.8) is 0 Å². The number of rotatable bonds is 7. The van der Waals surface area contributed by atoms with Gasteiger partial charge in [0, 0.05) is 25.0 Å². The minimum Gasteiger partial charge on any atom is -0.348 e. The van der Waals surface area contributed by atoms with Gasteiger partial charge in [0.25, 0.3) is 5.91 Å². The van der Waals surface area contributed by atoms with Gasteiger partial charge in [0.05, 0.1) is 18.3 Å². The van der Waals surface area contributed by atoms with Gasteiger partial charge in [-0.3, -0.25) is 9.48 Å². The molecule has 3 rings (SSSR count). The molecule has 3 aromatic rings. The molecule has 0 aliphatic rings. The molecule has 0 saturated carbocycles. The van der Waals surface area contributed by atoms with Crippen LogP contribution in [0.25, 0.3) is 0 Å². The zero-order chi connectivity index (χ0) is 20.1. The molecule has 1 aromatic carbocycles. The van der Waals surface area contributed by atoms with E-state index in [1.807, 2.05) is 19.2 Å². The normalized spacial score (nSPS) is 12.7. The highest BCUT2D eigenvalue weighted by Gasteiger charge is 2.30. The van der Waals surface area contributed by atoms with Crippen LogP contribution in [0.3, 0.4) is 0 Å². The van der Waals surface area contributed by atoms with Crippen LogP contribution in [-0.4, -0.2) is 36.7 Å². The molecule has 0 saturated heterocycles. The summed E-state index contributed by atoms with van der Waals surface area (Å²) in [5, 5.41) is 14.6. The van der Waals surface area contributed by atoms with Crippen molar-refractivity contribution in [2.24, 2.45) is 0 Å². The highest BCUT2D eigenvalue weighted by molar-refractivity contribution is 5.92. The number of aromatic nitrogens is 5. The first-order chi connectivity index (χ1) is 13.3. The number of hydrogen-bond donors (Lipinski definition) is 1. The molecule has 0 aliphatic heterocycles. The summed E-state index contributed by atoms with van der Waals surface area (Å²) in [5.41, 5.74) is -0.203. The van der Waals surface area contributed by atoms with Gasteiger partial charge in [-0.1, -0.05) is 17.3 Å². The van der Waals surface area contributed by atoms with E-state index in [1.54, 1.807) is 16.9 Å². The Hall–Kier alpha value is -3.17. The molecule has 0 radical (unpaired) electrons. The van der Waals surface area contributed by atoms with Crippen molar-refractivity contribution in [1.82, 2.24) is 30.1 Å². The largest absolute Gasteiger partial charge is 0.416 e. The molecular weight excluding hydrogens is 373 g/mol. The van der Waals surface area contributed by atoms with E-state index in [0.29, 0.717) is 18.5 Å². The van der Waals surface area contributed by atoms with Crippen molar-refractivity contribution in [1.29, 1.82) is 0 Å². The van der Waals surface area contributed by atoms with E-state index < -0.39 is 11.7 Å². The van der Waals surface area contributed by atoms with E-state index in [-0.39, 0.29) is 24.2 Å². The molecule has 1 amide bonds. The fraction of sp³-hybridized carbons (Fsp3) is 0.333. The van der Waals surface area contributed by atoms with Crippen LogP contribution in [0.1, 0.15) is 35.0 Å². The molecule has 0 bridgehead atoms. The molecular formula is C18H19F3N6O. The van der Waals surface area contributed by atoms with Gasteiger partial charge >= 0.3 is 6.18 Å². The second kappa shape index (κ2) is 8.24. The van der Waals surface area contributed by atoms with Gasteiger partial charge in [0.1, 0.15) is 0 Å². The Morgan fingerprint density at radius 1 is 1.25 bits per heavy atom. The van der Waals surface area contributed by atoms with Gasteiger partial charge in [0.15, 0.2) is 5.69 Å². The van der Waals surface area contributed by atoms with Crippen molar-refractivity contribution < 1.29 is 18.0 Å². The Morgan fingerprint density at radius 3 is 2.79 bits per heavy atom. The third-order valence-electron chi connectivity index (χ3n) is 4.10. The van der Waals surface area contributed by atoms with Crippen LogP contribution >= 0.6 is 0 Å². The SMILES string of the molecule is CC(CCn1cccn1)NC(=O)c1cn(Cc2cccc(C(F)(F)F)c2)nn1. The highest BCUT2D eigenvalue weighted by Crippen LogP contribution is 2.29. The molecule has 0 fully saturated rings. The predicted molar refractivity (Wildman–Crippen MR) is 94.3 cm³/mol. The minimum absolute atomic E-state index is 0.0824. The molecule has 28 heavy (non-hydrogen) atoms. The summed E-state index contributed by atoms with van der Waals surface area (Å²) in [6, 6.07) is 6.68. The van der Waals surface area contributed by atoms with Crippen LogP contribution in [0.15, 0.2) is 48.9 Å². The Labute approximate surface area is 159 Å². The van der Waals surface area contributed by atoms with Crippen LogP contribution in [-0.2, 0) is 19.3 Å². The van der Waals surface area contributed by atoms with E-state index in [1.165, 1.54) is 16.9 Å². The molecule has 7 nitrogen and oxygen atoms in total. The van der Waals surface area contributed by atoms with E-state index >= 15 is 0 Å². The number of carbonyl (C=O) groups is 1. The summed E-state index contributed by atoms with van der Waals surface area (Å²) in [6.07, 6.45) is 1.22. The van der Waals surface area contributed by atoms with Crippen molar-refractivity contribution in [3.05, 3.63) is 65.7 Å². The Bertz CT molecular complexity index is 920. The zero-order valence-corrected chi connectivity index (χ0v) is 15.1. The lowest BCUT2D eigenvalue weighted by Crippen LogP contribution is -2.33. The molecule has 1 unspecified atom stereocenters. The molecule has 2 aromatic heterocycles. The average Bonchev–Trinajstić information content (AvgIpc) is 3.31. The molecule has 10 heteroatoms. The Kier molecular flexibility index (Phi) is 5.76. The highest BCUT2D eigenvalue weighted by atomic mass is 19.4. The number of nitrogens with one attached hydrogen (secondary N) is 1. The molecule has 0 spiro atoms. The smallest absolute Gasteiger partial charge is 0.348 e. The van der Waals surface area contributed by atoms with Gasteiger partial charge < -0.3 is 5.32 Å². The van der Waals surface area contributed by atoms with Gasteiger partial charge in [-0.25, -0.2) is 4.68 Å². The predicted octanol–water partition coefficient (Wildman–Crippen LogP) is 2.75. The number of carbonyl (C=O) groups excluding carboxylic acids is 1. The maximum Gasteiger partial charge on any atom is 0.416 e. The van der Waals surface area contributed by atoms with E-state index in [0.717, 1.165) is 12.1 Å². The van der Waals surface area contributed by atoms with Crippen LogP contribution in [0, 0.1) is 0 Å². The van der Waals surface area contributed by atoms with E-state index in [2.05, 4.69) is 20.7 Å². The number of benzene rings is 1. The lowest BCUT2D eigenvalue weighted by atomic mass is 10.1. The topological polar surface area (TPSA) is 77.6 Å². The van der Waals surface area contributed by atoms with Crippen LogP contribution in [0.5, 0.6) is 0 Å². The van der Waals surface area contributed by atoms with Gasteiger partial charge in [-0.05, 0) is 37.1 Å². The van der Waals surface area contributed by atoms with E-state index in [4.69, 9.17) is 0 Å². The summed E-state index contributed by atoms with van der Waals surface area (Å²) in [5.74, 6) is -0.386. The van der Waals surface area contributed by atoms with Crippen LogP contribution in [0.2, 0.25) is 0 Å². The molecule has 0 aliphatic carbocycles. The van der Waals surface area contributed by atoms with Crippen LogP contribution in [0.4, 0.5) is 13.2 Å². The number of aryl methyl sites for hydroxylation is 1. The Balaban J connectivity index is 1.56. The second-order valence-electron chi connectivity index (χ2n) is 6.43. The van der Waals surface area contributed by atoms with Crippen LogP contribution < -0.4 is 5.32 Å². The molecule has 1 N–H and O–H groups in total. The fourth-order valence-corrected chi connectivity index (χ4v) is 2.64. The first-order valence-corrected chi connectivity index (χ1v) is 8.66. The van der Waals surface area contributed by atoms with E-state index in [9.17, 15) is 18.0 Å². The lowest BCUT2D eigenvalue weighted by Gasteiger charge is -2.12. The summed E-state index contributed by atoms with van der Waals surface area (Å²) in [4.78, 5) is 12.3. The van der Waals surface area contributed by atoms with Gasteiger partial charge in [-0.2, -0.15) is 18.3 Å². The average molecular weight is 392 g/mol. The van der Waals surface area contributed by atoms with Crippen molar-refractivity contribution in [2.75, 3.05) is 0 Å². The van der Waals surface area contributed by atoms with Crippen molar-refractivity contribution >= 4 is 5.91 Å². The summed E-state index contributed by atoms with van der Waals surface area (Å²) >= 11 is 0.